The predicted molar refractivity (Wildman–Crippen MR) is 109 cm³/mol. The van der Waals surface area contributed by atoms with E-state index in [4.69, 9.17) is 34.8 Å². The van der Waals surface area contributed by atoms with Crippen molar-refractivity contribution >= 4 is 78.8 Å². The monoisotopic (exact) mass is 416 g/mol. The fourth-order valence-electron chi connectivity index (χ4n) is 3.50. The van der Waals surface area contributed by atoms with Gasteiger partial charge >= 0.3 is 0 Å². The van der Waals surface area contributed by atoms with Crippen LogP contribution in [0.5, 0.6) is 0 Å². The Morgan fingerprint density at radius 2 is 1.46 bits per heavy atom. The molecule has 0 aliphatic carbocycles. The molecule has 0 fully saturated rings. The number of benzene rings is 3. The van der Waals surface area contributed by atoms with Gasteiger partial charge in [-0.2, -0.15) is 0 Å². The molecule has 1 aliphatic rings. The molecule has 2 nitrogen and oxygen atoms in total. The molecule has 1 heterocycles. The summed E-state index contributed by atoms with van der Waals surface area (Å²) in [7, 11) is 0. The topological polar surface area (TPSA) is 34.1 Å². The molecule has 0 unspecified atom stereocenters. The van der Waals surface area contributed by atoms with Crippen LogP contribution in [0.1, 0.15) is 10.4 Å². The van der Waals surface area contributed by atoms with Gasteiger partial charge in [0.25, 0.3) is 0 Å². The molecule has 0 N–H and O–H groups in total. The van der Waals surface area contributed by atoms with Gasteiger partial charge in [0.05, 0.1) is 4.91 Å². The number of thioether (sulfide) groups is 1. The first-order valence-corrected chi connectivity index (χ1v) is 9.64. The zero-order valence-electron chi connectivity index (χ0n) is 12.9. The molecule has 0 bridgehead atoms. The number of fused-ring (bicyclic) bond motifs is 1. The molecule has 5 rings (SSSR count). The van der Waals surface area contributed by atoms with Gasteiger partial charge in [-0.15, -0.1) is 0 Å². The summed E-state index contributed by atoms with van der Waals surface area (Å²) in [6, 6.07) is 12.0. The van der Waals surface area contributed by atoms with Crippen LogP contribution in [-0.2, 0) is 0 Å². The van der Waals surface area contributed by atoms with Gasteiger partial charge in [-0.25, -0.2) is 0 Å². The van der Waals surface area contributed by atoms with Crippen LogP contribution < -0.4 is 10.6 Å². The van der Waals surface area contributed by atoms with Crippen molar-refractivity contribution in [1.29, 1.82) is 0 Å². The van der Waals surface area contributed by atoms with Crippen molar-refractivity contribution in [3.63, 3.8) is 0 Å². The molecule has 4 aromatic rings. The third-order valence-electron chi connectivity index (χ3n) is 4.63. The standard InChI is InChI=1S/C20H7Cl3O2S/c21-8-1-2-9-14(7-8)26-20(19(9)25)16-10-3-5-12(22)17-13(23)6-4-11(15(10)17)18(16)24/h1-7H. The second kappa shape index (κ2) is 5.61. The number of hydrogen-bond acceptors (Lipinski definition) is 3. The minimum absolute atomic E-state index is 0.160. The Morgan fingerprint density at radius 3 is 2.19 bits per heavy atom. The molecule has 26 heavy (non-hydrogen) atoms. The summed E-state index contributed by atoms with van der Waals surface area (Å²) in [5.41, 5.74) is 0.382. The summed E-state index contributed by atoms with van der Waals surface area (Å²) < 4.78 is 0. The van der Waals surface area contributed by atoms with Gasteiger partial charge in [-0.05, 0) is 41.8 Å². The Morgan fingerprint density at radius 1 is 0.769 bits per heavy atom. The van der Waals surface area contributed by atoms with Crippen molar-refractivity contribution in [2.45, 2.75) is 4.90 Å². The van der Waals surface area contributed by atoms with E-state index in [9.17, 15) is 9.59 Å². The summed E-state index contributed by atoms with van der Waals surface area (Å²) >= 11 is 19.9. The number of halogens is 3. The highest BCUT2D eigenvalue weighted by Crippen LogP contribution is 2.42. The summed E-state index contributed by atoms with van der Waals surface area (Å²) in [4.78, 5) is 27.2. The highest BCUT2D eigenvalue weighted by atomic mass is 35.5. The van der Waals surface area contributed by atoms with E-state index in [0.29, 0.717) is 52.3 Å². The Labute approximate surface area is 166 Å². The van der Waals surface area contributed by atoms with Crippen molar-refractivity contribution in [3.05, 3.63) is 78.5 Å². The number of carbonyl (C=O) groups is 1. The molecule has 0 saturated carbocycles. The number of carbonyl (C=O) groups excluding carboxylic acids is 1. The van der Waals surface area contributed by atoms with Gasteiger partial charge in [0.1, 0.15) is 0 Å². The fourth-order valence-corrected chi connectivity index (χ4v) is 5.49. The van der Waals surface area contributed by atoms with Crippen LogP contribution in [-0.4, -0.2) is 5.78 Å². The van der Waals surface area contributed by atoms with E-state index in [1.807, 2.05) is 0 Å². The Kier molecular flexibility index (Phi) is 3.54. The van der Waals surface area contributed by atoms with Crippen molar-refractivity contribution in [2.75, 3.05) is 0 Å². The van der Waals surface area contributed by atoms with Crippen LogP contribution in [0.4, 0.5) is 0 Å². The van der Waals surface area contributed by atoms with Crippen LogP contribution in [0.25, 0.3) is 26.5 Å². The SMILES string of the molecule is O=C1C(=c2c(=O)c3ccc(Cl)c4c(Cl)ccc2c43)Sc2cc(Cl)ccc21. The van der Waals surface area contributed by atoms with Crippen molar-refractivity contribution in [2.24, 2.45) is 0 Å². The van der Waals surface area contributed by atoms with Gasteiger partial charge in [-0.3, -0.25) is 9.59 Å². The van der Waals surface area contributed by atoms with Crippen molar-refractivity contribution in [3.8, 4) is 0 Å². The van der Waals surface area contributed by atoms with Gasteiger partial charge in [0, 0.05) is 46.9 Å². The fraction of sp³-hybridized carbons (Fsp3) is 0. The Balaban J connectivity index is 1.98. The summed E-state index contributed by atoms with van der Waals surface area (Å²) in [5, 5.41) is 4.49. The largest absolute Gasteiger partial charge is 0.289 e. The molecule has 0 spiro atoms. The van der Waals surface area contributed by atoms with Crippen molar-refractivity contribution in [1.82, 2.24) is 0 Å². The highest BCUT2D eigenvalue weighted by Gasteiger charge is 2.29. The predicted octanol–water partition coefficient (Wildman–Crippen LogP) is 5.57. The van der Waals surface area contributed by atoms with E-state index in [0.717, 1.165) is 4.90 Å². The van der Waals surface area contributed by atoms with Gasteiger partial charge in [0.15, 0.2) is 5.43 Å². The highest BCUT2D eigenvalue weighted by molar-refractivity contribution is 8.10. The normalized spacial score (nSPS) is 16.0. The molecular weight excluding hydrogens is 411 g/mol. The summed E-state index contributed by atoms with van der Waals surface area (Å²) in [6.45, 7) is 0. The molecule has 126 valence electrons. The zero-order chi connectivity index (χ0) is 18.2. The number of hydrogen-bond donors (Lipinski definition) is 0. The Hall–Kier alpha value is -1.78. The van der Waals surface area contributed by atoms with Crippen LogP contribution >= 0.6 is 46.6 Å². The van der Waals surface area contributed by atoms with Crippen LogP contribution in [0.2, 0.25) is 15.1 Å². The van der Waals surface area contributed by atoms with Gasteiger partial charge in [0.2, 0.25) is 5.78 Å². The van der Waals surface area contributed by atoms with E-state index >= 15 is 0 Å². The lowest BCUT2D eigenvalue weighted by molar-refractivity contribution is 0.105. The molecule has 1 aliphatic heterocycles. The van der Waals surface area contributed by atoms with E-state index in [1.54, 1.807) is 42.5 Å². The third kappa shape index (κ3) is 2.09. The second-order valence-electron chi connectivity index (χ2n) is 6.04. The smallest absolute Gasteiger partial charge is 0.201 e. The molecule has 0 aromatic heterocycles. The Bertz CT molecular complexity index is 1370. The number of ketones is 1. The van der Waals surface area contributed by atoms with Crippen molar-refractivity contribution < 1.29 is 4.79 Å². The maximum Gasteiger partial charge on any atom is 0.201 e. The van der Waals surface area contributed by atoms with E-state index in [1.165, 1.54) is 11.8 Å². The van der Waals surface area contributed by atoms with E-state index in [2.05, 4.69) is 0 Å². The molecule has 0 amide bonds. The average Bonchev–Trinajstić information content (AvgIpc) is 3.07. The molecular formula is C20H7Cl3O2S. The van der Waals surface area contributed by atoms with E-state index < -0.39 is 0 Å². The molecule has 0 radical (unpaired) electrons. The summed E-state index contributed by atoms with van der Waals surface area (Å²) in [6.07, 6.45) is 0. The maximum absolute atomic E-state index is 13.1. The van der Waals surface area contributed by atoms with Crippen LogP contribution in [0.3, 0.4) is 0 Å². The van der Waals surface area contributed by atoms with E-state index in [-0.39, 0.29) is 11.2 Å². The zero-order valence-corrected chi connectivity index (χ0v) is 16.0. The van der Waals surface area contributed by atoms with Gasteiger partial charge < -0.3 is 0 Å². The summed E-state index contributed by atoms with van der Waals surface area (Å²) in [5.74, 6) is -0.160. The molecule has 4 aromatic carbocycles. The minimum atomic E-state index is -0.182. The first-order chi connectivity index (χ1) is 12.5. The lowest BCUT2D eigenvalue weighted by Gasteiger charge is -2.03. The van der Waals surface area contributed by atoms with Crippen LogP contribution in [0.15, 0.2) is 52.2 Å². The maximum atomic E-state index is 13.1. The minimum Gasteiger partial charge on any atom is -0.289 e. The molecule has 0 saturated heterocycles. The first kappa shape index (κ1) is 16.4. The number of rotatable bonds is 0. The first-order valence-electron chi connectivity index (χ1n) is 7.69. The molecule has 0 atom stereocenters. The quantitative estimate of drug-likeness (QED) is 0.375. The lowest BCUT2D eigenvalue weighted by Crippen LogP contribution is -2.23. The molecule has 6 heteroatoms. The number of Topliss-reactive ketones (excluding diaryl/α,β-unsaturated/α-hetero) is 1. The average molecular weight is 418 g/mol. The second-order valence-corrected chi connectivity index (χ2v) is 8.35. The lowest BCUT2D eigenvalue weighted by atomic mass is 10.1. The van der Waals surface area contributed by atoms with Gasteiger partial charge in [-0.1, -0.05) is 52.6 Å². The van der Waals surface area contributed by atoms with Crippen LogP contribution in [0, 0.1) is 0 Å². The third-order valence-corrected chi connectivity index (χ3v) is 6.65.